The van der Waals surface area contributed by atoms with Crippen molar-refractivity contribution >= 4 is 19.8 Å². The summed E-state index contributed by atoms with van der Waals surface area (Å²) in [5.41, 5.74) is 0. The summed E-state index contributed by atoms with van der Waals surface area (Å²) in [6.07, 6.45) is 0.974. The lowest BCUT2D eigenvalue weighted by atomic mass is 10.6. The molecule has 1 aliphatic heterocycles. The van der Waals surface area contributed by atoms with Crippen LogP contribution in [0.1, 0.15) is 0 Å². The van der Waals surface area contributed by atoms with Crippen LogP contribution < -0.4 is 5.32 Å². The second-order valence-corrected chi connectivity index (χ2v) is 7.16. The van der Waals surface area contributed by atoms with Crippen molar-refractivity contribution in [2.45, 2.75) is 0 Å². The van der Waals surface area contributed by atoms with E-state index < -0.39 is 19.8 Å². The van der Waals surface area contributed by atoms with Crippen molar-refractivity contribution < 1.29 is 12.6 Å². The lowest BCUT2D eigenvalue weighted by Gasteiger charge is -2.15. The molecular formula is C5H12N2O3S2. The van der Waals surface area contributed by atoms with Crippen molar-refractivity contribution in [3.63, 3.8) is 0 Å². The minimum Gasteiger partial charge on any atom is -0.315 e. The summed E-state index contributed by atoms with van der Waals surface area (Å²) in [6.45, 7) is 1.16. The Kier molecular flexibility index (Phi) is 2.74. The molecule has 0 radical (unpaired) electrons. The second kappa shape index (κ2) is 3.31. The maximum absolute atomic E-state index is 11.6. The first-order valence-electron chi connectivity index (χ1n) is 3.56. The van der Waals surface area contributed by atoms with Crippen molar-refractivity contribution in [1.82, 2.24) is 5.32 Å². The summed E-state index contributed by atoms with van der Waals surface area (Å²) < 4.78 is 36.5. The average Bonchev–Trinajstić information content (AvgIpc) is 1.83. The molecule has 1 fully saturated rings. The zero-order valence-corrected chi connectivity index (χ0v) is 8.45. The van der Waals surface area contributed by atoms with Crippen LogP contribution in [0.5, 0.6) is 0 Å². The van der Waals surface area contributed by atoms with Gasteiger partial charge in [0.2, 0.25) is 0 Å². The molecule has 12 heavy (non-hydrogen) atoms. The SMILES string of the molecule is CS(=O)(=O)N=S1(=O)CCNCC1. The highest BCUT2D eigenvalue weighted by Gasteiger charge is 2.16. The van der Waals surface area contributed by atoms with E-state index >= 15 is 0 Å². The van der Waals surface area contributed by atoms with Gasteiger partial charge in [0.15, 0.2) is 0 Å². The minimum atomic E-state index is -3.46. The Labute approximate surface area is 72.8 Å². The average molecular weight is 212 g/mol. The van der Waals surface area contributed by atoms with Gasteiger partial charge >= 0.3 is 0 Å². The zero-order chi connectivity index (χ0) is 9.24. The van der Waals surface area contributed by atoms with Gasteiger partial charge in [-0.25, -0.2) is 12.6 Å². The van der Waals surface area contributed by atoms with Crippen LogP contribution in [0.2, 0.25) is 0 Å². The maximum Gasteiger partial charge on any atom is 0.257 e. The molecule has 1 N–H and O–H groups in total. The molecule has 1 rings (SSSR count). The molecule has 0 unspecified atom stereocenters. The van der Waals surface area contributed by atoms with Gasteiger partial charge in [0.25, 0.3) is 10.0 Å². The van der Waals surface area contributed by atoms with Crippen molar-refractivity contribution in [2.24, 2.45) is 3.77 Å². The molecule has 1 aliphatic rings. The molecule has 72 valence electrons. The number of hydrogen-bond donors (Lipinski definition) is 1. The minimum absolute atomic E-state index is 0.333. The summed E-state index contributed by atoms with van der Waals surface area (Å²) in [6, 6.07) is 0. The maximum atomic E-state index is 11.6. The topological polar surface area (TPSA) is 75.6 Å². The third-order valence-electron chi connectivity index (χ3n) is 1.47. The third kappa shape index (κ3) is 3.08. The van der Waals surface area contributed by atoms with E-state index in [1.807, 2.05) is 0 Å². The first-order chi connectivity index (χ1) is 5.41. The van der Waals surface area contributed by atoms with E-state index in [0.29, 0.717) is 24.6 Å². The Morgan fingerprint density at radius 3 is 2.25 bits per heavy atom. The van der Waals surface area contributed by atoms with Crippen LogP contribution in [0.15, 0.2) is 3.77 Å². The highest BCUT2D eigenvalue weighted by molar-refractivity contribution is 8.03. The fraction of sp³-hybridized carbons (Fsp3) is 1.00. The molecule has 0 aromatic heterocycles. The first-order valence-corrected chi connectivity index (χ1v) is 7.26. The van der Waals surface area contributed by atoms with Crippen molar-refractivity contribution in [1.29, 1.82) is 0 Å². The van der Waals surface area contributed by atoms with Gasteiger partial charge in [0, 0.05) is 24.6 Å². The van der Waals surface area contributed by atoms with Gasteiger partial charge in [-0.2, -0.15) is 0 Å². The molecular weight excluding hydrogens is 200 g/mol. The van der Waals surface area contributed by atoms with Gasteiger partial charge in [-0.15, -0.1) is 3.77 Å². The quantitative estimate of drug-likeness (QED) is 0.606. The fourth-order valence-corrected chi connectivity index (χ4v) is 4.71. The Balaban J connectivity index is 2.99. The molecule has 0 bridgehead atoms. The third-order valence-corrected chi connectivity index (χ3v) is 5.32. The number of sulfonamides is 1. The van der Waals surface area contributed by atoms with Gasteiger partial charge in [-0.1, -0.05) is 0 Å². The molecule has 0 saturated carbocycles. The lowest BCUT2D eigenvalue weighted by Crippen LogP contribution is -2.36. The van der Waals surface area contributed by atoms with Crippen LogP contribution in [-0.4, -0.2) is 43.5 Å². The van der Waals surface area contributed by atoms with Crippen LogP contribution in [-0.2, 0) is 19.8 Å². The molecule has 0 aromatic rings. The van der Waals surface area contributed by atoms with E-state index in [0.717, 1.165) is 6.26 Å². The molecule has 0 spiro atoms. The summed E-state index contributed by atoms with van der Waals surface area (Å²) in [7, 11) is -5.93. The predicted molar refractivity (Wildman–Crippen MR) is 48.0 cm³/mol. The zero-order valence-electron chi connectivity index (χ0n) is 6.82. The van der Waals surface area contributed by atoms with Crippen molar-refractivity contribution in [2.75, 3.05) is 30.9 Å². The number of nitrogens with zero attached hydrogens (tertiary/aromatic N) is 1. The van der Waals surface area contributed by atoms with E-state index in [-0.39, 0.29) is 0 Å². The van der Waals surface area contributed by atoms with Gasteiger partial charge < -0.3 is 5.32 Å². The molecule has 0 amide bonds. The molecule has 0 aliphatic carbocycles. The molecule has 7 heteroatoms. The van der Waals surface area contributed by atoms with E-state index in [1.165, 1.54) is 0 Å². The Morgan fingerprint density at radius 1 is 1.33 bits per heavy atom. The smallest absolute Gasteiger partial charge is 0.257 e. The second-order valence-electron chi connectivity index (χ2n) is 2.74. The van der Waals surface area contributed by atoms with Crippen molar-refractivity contribution in [3.8, 4) is 0 Å². The van der Waals surface area contributed by atoms with E-state index in [2.05, 4.69) is 9.08 Å². The Bertz CT molecular complexity index is 352. The Morgan fingerprint density at radius 2 is 1.83 bits per heavy atom. The molecule has 5 nitrogen and oxygen atoms in total. The van der Waals surface area contributed by atoms with Crippen LogP contribution in [0.4, 0.5) is 0 Å². The van der Waals surface area contributed by atoms with Gasteiger partial charge in [-0.05, 0) is 0 Å². The van der Waals surface area contributed by atoms with Crippen molar-refractivity contribution in [3.05, 3.63) is 0 Å². The van der Waals surface area contributed by atoms with Gasteiger partial charge in [0.1, 0.15) is 0 Å². The van der Waals surface area contributed by atoms with Gasteiger partial charge in [-0.3, -0.25) is 0 Å². The molecule has 1 saturated heterocycles. The summed E-state index contributed by atoms with van der Waals surface area (Å²) in [5, 5.41) is 2.99. The number of hydrogen-bond acceptors (Lipinski definition) is 4. The van der Waals surface area contributed by atoms with Crippen LogP contribution in [0.3, 0.4) is 0 Å². The molecule has 0 aromatic carbocycles. The lowest BCUT2D eigenvalue weighted by molar-refractivity contribution is 0.603. The highest BCUT2D eigenvalue weighted by Crippen LogP contribution is 2.03. The first kappa shape index (κ1) is 9.94. The van der Waals surface area contributed by atoms with E-state index in [1.54, 1.807) is 0 Å². The number of rotatable bonds is 1. The van der Waals surface area contributed by atoms with Crippen LogP contribution in [0, 0.1) is 0 Å². The fourth-order valence-electron chi connectivity index (χ4n) is 1.01. The summed E-state index contributed by atoms with van der Waals surface area (Å²) in [4.78, 5) is 0. The Hall–Kier alpha value is -0.140. The largest absolute Gasteiger partial charge is 0.315 e. The summed E-state index contributed by atoms with van der Waals surface area (Å²) in [5.74, 6) is 0.667. The molecule has 1 heterocycles. The van der Waals surface area contributed by atoms with E-state index in [4.69, 9.17) is 0 Å². The van der Waals surface area contributed by atoms with E-state index in [9.17, 15) is 12.6 Å². The normalized spacial score (nSPS) is 23.4. The highest BCUT2D eigenvalue weighted by atomic mass is 32.3. The predicted octanol–water partition coefficient (Wildman–Crippen LogP) is -0.983. The number of nitrogens with one attached hydrogen (secondary N) is 1. The summed E-state index contributed by atoms with van der Waals surface area (Å²) >= 11 is 0. The van der Waals surface area contributed by atoms with Crippen LogP contribution in [0.25, 0.3) is 0 Å². The standard InChI is InChI=1S/C5H12N2O3S2/c1-11(8,9)7-12(10)4-2-6-3-5-12/h6H,2-5H2,1H3. The van der Waals surface area contributed by atoms with Gasteiger partial charge in [0.05, 0.1) is 16.0 Å². The van der Waals surface area contributed by atoms with Crippen LogP contribution >= 0.6 is 0 Å². The molecule has 0 atom stereocenters. The monoisotopic (exact) mass is 212 g/mol.